The van der Waals surface area contributed by atoms with Crippen molar-refractivity contribution in [3.63, 3.8) is 0 Å². The Labute approximate surface area is 103 Å². The molecule has 0 bridgehead atoms. The number of ketones is 1. The van der Waals surface area contributed by atoms with Crippen LogP contribution in [0.5, 0.6) is 5.75 Å². The fourth-order valence-corrected chi connectivity index (χ4v) is 2.81. The molecular weight excluding hydrogens is 212 g/mol. The summed E-state index contributed by atoms with van der Waals surface area (Å²) in [6.45, 7) is 4.12. The van der Waals surface area contributed by atoms with Gasteiger partial charge < -0.3 is 4.74 Å². The monoisotopic (exact) mass is 232 g/mol. The lowest BCUT2D eigenvalue weighted by molar-refractivity contribution is -0.129. The van der Waals surface area contributed by atoms with E-state index in [-0.39, 0.29) is 11.3 Å². The van der Waals surface area contributed by atoms with Crippen LogP contribution in [0.2, 0.25) is 0 Å². The maximum absolute atomic E-state index is 12.4. The molecular formula is C15H20O2. The summed E-state index contributed by atoms with van der Waals surface area (Å²) in [5.41, 5.74) is 0.819. The predicted octanol–water partition coefficient (Wildman–Crippen LogP) is 3.34. The van der Waals surface area contributed by atoms with Crippen molar-refractivity contribution in [2.24, 2.45) is 5.92 Å². The average Bonchev–Trinajstić information content (AvgIpc) is 2.36. The van der Waals surface area contributed by atoms with E-state index in [1.807, 2.05) is 31.2 Å². The van der Waals surface area contributed by atoms with Crippen LogP contribution in [0.3, 0.4) is 0 Å². The summed E-state index contributed by atoms with van der Waals surface area (Å²) in [5, 5.41) is 0. The van der Waals surface area contributed by atoms with Crippen LogP contribution < -0.4 is 4.74 Å². The van der Waals surface area contributed by atoms with Crippen molar-refractivity contribution in [2.45, 2.75) is 38.5 Å². The van der Waals surface area contributed by atoms with E-state index < -0.39 is 0 Å². The molecule has 0 unspecified atom stereocenters. The normalized spacial score (nSPS) is 29.1. The molecule has 0 saturated heterocycles. The van der Waals surface area contributed by atoms with Gasteiger partial charge in [-0.15, -0.1) is 0 Å². The quantitative estimate of drug-likeness (QED) is 0.781. The Balaban J connectivity index is 2.32. The number of ether oxygens (including phenoxy) is 1. The molecule has 2 nitrogen and oxygen atoms in total. The molecule has 0 aromatic heterocycles. The third-order valence-corrected chi connectivity index (χ3v) is 4.03. The largest absolute Gasteiger partial charge is 0.497 e. The van der Waals surface area contributed by atoms with Crippen molar-refractivity contribution in [3.8, 4) is 5.75 Å². The molecule has 1 fully saturated rings. The highest BCUT2D eigenvalue weighted by Gasteiger charge is 2.40. The SMILES string of the molecule is COc1ccc([C@@]2(C)CCC[C@@H](C)C2=O)cc1. The Morgan fingerprint density at radius 1 is 1.29 bits per heavy atom. The van der Waals surface area contributed by atoms with Crippen molar-refractivity contribution in [2.75, 3.05) is 7.11 Å². The first-order chi connectivity index (χ1) is 8.08. The number of rotatable bonds is 2. The van der Waals surface area contributed by atoms with Crippen LogP contribution in [0, 0.1) is 5.92 Å². The van der Waals surface area contributed by atoms with E-state index in [2.05, 4.69) is 6.92 Å². The van der Waals surface area contributed by atoms with Crippen molar-refractivity contribution < 1.29 is 9.53 Å². The van der Waals surface area contributed by atoms with E-state index in [0.29, 0.717) is 5.78 Å². The van der Waals surface area contributed by atoms with Gasteiger partial charge in [0, 0.05) is 5.92 Å². The highest BCUT2D eigenvalue weighted by atomic mass is 16.5. The first-order valence-electron chi connectivity index (χ1n) is 6.27. The summed E-state index contributed by atoms with van der Waals surface area (Å²) in [6, 6.07) is 7.92. The fourth-order valence-electron chi connectivity index (χ4n) is 2.81. The summed E-state index contributed by atoms with van der Waals surface area (Å²) in [5.74, 6) is 1.42. The molecule has 2 heteroatoms. The van der Waals surface area contributed by atoms with E-state index in [1.54, 1.807) is 7.11 Å². The molecule has 92 valence electrons. The average molecular weight is 232 g/mol. The molecule has 1 aromatic rings. The molecule has 2 atom stereocenters. The number of benzene rings is 1. The molecule has 0 amide bonds. The Hall–Kier alpha value is -1.31. The summed E-state index contributed by atoms with van der Waals surface area (Å²) in [6.07, 6.45) is 3.13. The summed E-state index contributed by atoms with van der Waals surface area (Å²) >= 11 is 0. The van der Waals surface area contributed by atoms with Crippen LogP contribution in [0.4, 0.5) is 0 Å². The van der Waals surface area contributed by atoms with Crippen molar-refractivity contribution in [1.29, 1.82) is 0 Å². The predicted molar refractivity (Wildman–Crippen MR) is 68.4 cm³/mol. The number of hydrogen-bond acceptors (Lipinski definition) is 2. The van der Waals surface area contributed by atoms with Crippen molar-refractivity contribution in [1.82, 2.24) is 0 Å². The molecule has 1 saturated carbocycles. The lowest BCUT2D eigenvalue weighted by Gasteiger charge is -2.35. The smallest absolute Gasteiger partial charge is 0.145 e. The fraction of sp³-hybridized carbons (Fsp3) is 0.533. The molecule has 0 radical (unpaired) electrons. The molecule has 0 aliphatic heterocycles. The van der Waals surface area contributed by atoms with E-state index in [4.69, 9.17) is 4.74 Å². The van der Waals surface area contributed by atoms with Crippen LogP contribution in [0.1, 0.15) is 38.7 Å². The van der Waals surface area contributed by atoms with Gasteiger partial charge in [-0.1, -0.05) is 25.5 Å². The molecule has 2 rings (SSSR count). The van der Waals surface area contributed by atoms with Crippen molar-refractivity contribution in [3.05, 3.63) is 29.8 Å². The van der Waals surface area contributed by atoms with Crippen LogP contribution in [0.25, 0.3) is 0 Å². The number of methoxy groups -OCH3 is 1. The van der Waals surface area contributed by atoms with Gasteiger partial charge in [0.05, 0.1) is 12.5 Å². The van der Waals surface area contributed by atoms with Gasteiger partial charge in [-0.3, -0.25) is 4.79 Å². The third-order valence-electron chi connectivity index (χ3n) is 4.03. The summed E-state index contributed by atoms with van der Waals surface area (Å²) < 4.78 is 5.15. The van der Waals surface area contributed by atoms with E-state index in [0.717, 1.165) is 30.6 Å². The van der Waals surface area contributed by atoms with Gasteiger partial charge in [-0.05, 0) is 37.5 Å². The van der Waals surface area contributed by atoms with Gasteiger partial charge in [0.1, 0.15) is 11.5 Å². The van der Waals surface area contributed by atoms with E-state index in [9.17, 15) is 4.79 Å². The second kappa shape index (κ2) is 4.52. The zero-order chi connectivity index (χ0) is 12.5. The molecule has 0 heterocycles. The van der Waals surface area contributed by atoms with Gasteiger partial charge in [-0.2, -0.15) is 0 Å². The Morgan fingerprint density at radius 2 is 1.94 bits per heavy atom. The van der Waals surface area contributed by atoms with Gasteiger partial charge in [-0.25, -0.2) is 0 Å². The zero-order valence-electron chi connectivity index (χ0n) is 10.8. The Kier molecular flexibility index (Phi) is 3.23. The van der Waals surface area contributed by atoms with E-state index in [1.165, 1.54) is 0 Å². The standard InChI is InChI=1S/C15H20O2/c1-11-5-4-10-15(2,14(11)16)12-6-8-13(17-3)9-7-12/h6-9,11H,4-5,10H2,1-3H3/t11-,15-/m1/s1. The summed E-state index contributed by atoms with van der Waals surface area (Å²) in [7, 11) is 1.66. The van der Waals surface area contributed by atoms with Crippen LogP contribution in [0.15, 0.2) is 24.3 Å². The zero-order valence-corrected chi connectivity index (χ0v) is 10.8. The highest BCUT2D eigenvalue weighted by molar-refractivity contribution is 5.92. The molecule has 0 spiro atoms. The maximum atomic E-state index is 12.4. The molecule has 1 aliphatic rings. The van der Waals surface area contributed by atoms with Crippen molar-refractivity contribution >= 4 is 5.78 Å². The summed E-state index contributed by atoms with van der Waals surface area (Å²) in [4.78, 5) is 12.4. The number of Topliss-reactive ketones (excluding diaryl/α,β-unsaturated/α-hetero) is 1. The Morgan fingerprint density at radius 3 is 2.53 bits per heavy atom. The molecule has 17 heavy (non-hydrogen) atoms. The first kappa shape index (κ1) is 12.2. The second-order valence-corrected chi connectivity index (χ2v) is 5.22. The minimum Gasteiger partial charge on any atom is -0.497 e. The maximum Gasteiger partial charge on any atom is 0.145 e. The third kappa shape index (κ3) is 2.08. The second-order valence-electron chi connectivity index (χ2n) is 5.22. The Bertz CT molecular complexity index is 407. The number of carbonyl (C=O) groups excluding carboxylic acids is 1. The minimum atomic E-state index is -0.302. The number of hydrogen-bond donors (Lipinski definition) is 0. The lowest BCUT2D eigenvalue weighted by Crippen LogP contribution is -2.40. The van der Waals surface area contributed by atoms with E-state index >= 15 is 0 Å². The number of carbonyl (C=O) groups is 1. The molecule has 1 aromatic carbocycles. The van der Waals surface area contributed by atoms with Gasteiger partial charge >= 0.3 is 0 Å². The highest BCUT2D eigenvalue weighted by Crippen LogP contribution is 2.39. The lowest BCUT2D eigenvalue weighted by atomic mass is 9.66. The van der Waals surface area contributed by atoms with Gasteiger partial charge in [0.2, 0.25) is 0 Å². The molecule has 1 aliphatic carbocycles. The minimum absolute atomic E-state index is 0.191. The molecule has 0 N–H and O–H groups in total. The van der Waals surface area contributed by atoms with Gasteiger partial charge in [0.25, 0.3) is 0 Å². The first-order valence-corrected chi connectivity index (χ1v) is 6.27. The van der Waals surface area contributed by atoms with Crippen LogP contribution >= 0.6 is 0 Å². The van der Waals surface area contributed by atoms with Crippen LogP contribution in [-0.4, -0.2) is 12.9 Å². The van der Waals surface area contributed by atoms with Gasteiger partial charge in [0.15, 0.2) is 0 Å². The van der Waals surface area contributed by atoms with Crippen LogP contribution in [-0.2, 0) is 10.2 Å². The topological polar surface area (TPSA) is 26.3 Å².